The monoisotopic (exact) mass is 383 g/mol. The number of ketones is 1. The van der Waals surface area contributed by atoms with Crippen LogP contribution < -0.4 is 0 Å². The molecule has 0 saturated heterocycles. The molecule has 0 radical (unpaired) electrons. The number of hydrogen-bond acceptors (Lipinski definition) is 6. The van der Waals surface area contributed by atoms with Crippen molar-refractivity contribution in [3.05, 3.63) is 51.4 Å². The predicted octanol–water partition coefficient (Wildman–Crippen LogP) is 2.94. The second kappa shape index (κ2) is 7.07. The number of methoxy groups -OCH3 is 1. The van der Waals surface area contributed by atoms with Gasteiger partial charge in [-0.1, -0.05) is 16.8 Å². The van der Waals surface area contributed by atoms with Gasteiger partial charge >= 0.3 is 5.97 Å². The first kappa shape index (κ1) is 17.8. The average Bonchev–Trinajstić information content (AvgIpc) is 3.30. The van der Waals surface area contributed by atoms with Crippen LogP contribution in [0.15, 0.2) is 22.9 Å². The lowest BCUT2D eigenvalue weighted by Crippen LogP contribution is -2.15. The van der Waals surface area contributed by atoms with Gasteiger partial charge in [0.05, 0.1) is 35.2 Å². The van der Waals surface area contributed by atoms with Crippen LogP contribution in [0.5, 0.6) is 0 Å². The highest BCUT2D eigenvalue weighted by Gasteiger charge is 2.34. The van der Waals surface area contributed by atoms with Gasteiger partial charge in [0.25, 0.3) is 0 Å². The van der Waals surface area contributed by atoms with E-state index in [1.807, 2.05) is 0 Å². The summed E-state index contributed by atoms with van der Waals surface area (Å²) in [5.74, 6) is -1.01. The fourth-order valence-electron chi connectivity index (χ4n) is 2.63. The lowest BCUT2D eigenvalue weighted by atomic mass is 9.95. The molecule has 1 atom stereocenters. The first-order valence-electron chi connectivity index (χ1n) is 7.40. The molecule has 0 bridgehead atoms. The Hall–Kier alpha value is -2.03. The van der Waals surface area contributed by atoms with Crippen molar-refractivity contribution in [1.82, 2.24) is 5.16 Å². The van der Waals surface area contributed by atoms with Gasteiger partial charge in [-0.25, -0.2) is 9.00 Å². The van der Waals surface area contributed by atoms with E-state index in [4.69, 9.17) is 20.9 Å². The summed E-state index contributed by atoms with van der Waals surface area (Å²) < 4.78 is 30.5. The molecule has 0 spiro atoms. The van der Waals surface area contributed by atoms with E-state index in [2.05, 4.69) is 5.16 Å². The Morgan fingerprint density at radius 3 is 2.72 bits per heavy atom. The number of ether oxygens (including phenoxy) is 1. The molecule has 1 saturated carbocycles. The summed E-state index contributed by atoms with van der Waals surface area (Å²) in [6.07, 6.45) is 3.15. The molecule has 7 nitrogen and oxygen atoms in total. The molecule has 3 rings (SSSR count). The first-order chi connectivity index (χ1) is 11.9. The summed E-state index contributed by atoms with van der Waals surface area (Å²) >= 11 is 3.77. The Kier molecular flexibility index (Phi) is 5.03. The predicted molar refractivity (Wildman–Crippen MR) is 89.2 cm³/mol. The van der Waals surface area contributed by atoms with Crippen LogP contribution in [0.25, 0.3) is 0 Å². The van der Waals surface area contributed by atoms with E-state index in [1.54, 1.807) is 0 Å². The largest absolute Gasteiger partial charge is 0.465 e. The molecule has 1 aliphatic rings. The van der Waals surface area contributed by atoms with Gasteiger partial charge < -0.3 is 13.8 Å². The number of aromatic nitrogens is 1. The Balaban J connectivity index is 2.14. The third-order valence-corrected chi connectivity index (χ3v) is 4.81. The van der Waals surface area contributed by atoms with Crippen molar-refractivity contribution in [2.45, 2.75) is 24.5 Å². The second-order valence-corrected chi connectivity index (χ2v) is 6.95. The van der Waals surface area contributed by atoms with Crippen LogP contribution in [0.2, 0.25) is 5.02 Å². The van der Waals surface area contributed by atoms with Crippen molar-refractivity contribution in [3.8, 4) is 0 Å². The smallest absolute Gasteiger partial charge is 0.339 e. The zero-order valence-corrected chi connectivity index (χ0v) is 14.7. The van der Waals surface area contributed by atoms with E-state index in [0.29, 0.717) is 5.76 Å². The average molecular weight is 384 g/mol. The third-order valence-electron chi connectivity index (χ3n) is 3.96. The van der Waals surface area contributed by atoms with Crippen LogP contribution in [0.3, 0.4) is 0 Å². The van der Waals surface area contributed by atoms with Gasteiger partial charge in [0.1, 0.15) is 0 Å². The number of nitrogens with zero attached hydrogens (tertiary/aromatic N) is 1. The fraction of sp³-hybridized carbons (Fsp3) is 0.312. The summed E-state index contributed by atoms with van der Waals surface area (Å²) in [4.78, 5) is 25.0. The minimum Gasteiger partial charge on any atom is -0.465 e. The molecule has 25 heavy (non-hydrogen) atoms. The highest BCUT2D eigenvalue weighted by atomic mass is 35.5. The van der Waals surface area contributed by atoms with E-state index in [9.17, 15) is 18.4 Å². The number of rotatable bonds is 6. The maximum absolute atomic E-state index is 13.0. The molecular formula is C16H14ClNO6S. The Morgan fingerprint density at radius 1 is 1.40 bits per heavy atom. The number of benzene rings is 1. The lowest BCUT2D eigenvalue weighted by molar-refractivity contribution is 0.0600. The molecule has 132 valence electrons. The Morgan fingerprint density at radius 2 is 2.12 bits per heavy atom. The molecule has 1 aliphatic carbocycles. The van der Waals surface area contributed by atoms with Gasteiger partial charge in [0, 0.05) is 11.5 Å². The molecule has 1 heterocycles. The molecule has 1 unspecified atom stereocenters. The molecule has 1 fully saturated rings. The summed E-state index contributed by atoms with van der Waals surface area (Å²) in [5, 5.41) is 3.73. The molecule has 0 aliphatic heterocycles. The van der Waals surface area contributed by atoms with Gasteiger partial charge in [-0.2, -0.15) is 0 Å². The Labute approximate surface area is 150 Å². The quantitative estimate of drug-likeness (QED) is 0.464. The van der Waals surface area contributed by atoms with Crippen LogP contribution in [0.4, 0.5) is 0 Å². The van der Waals surface area contributed by atoms with Gasteiger partial charge in [0.15, 0.2) is 22.6 Å². The van der Waals surface area contributed by atoms with Gasteiger partial charge in [0.2, 0.25) is 0 Å². The van der Waals surface area contributed by atoms with Crippen LogP contribution in [0.1, 0.15) is 56.4 Å². The van der Waals surface area contributed by atoms with Gasteiger partial charge in [-0.05, 0) is 30.5 Å². The second-order valence-electron chi connectivity index (χ2n) is 5.61. The molecule has 2 aromatic rings. The minimum absolute atomic E-state index is 0.0385. The number of esters is 1. The normalized spacial score (nSPS) is 15.0. The third kappa shape index (κ3) is 3.51. The molecule has 1 aromatic heterocycles. The molecule has 0 amide bonds. The van der Waals surface area contributed by atoms with E-state index in [1.165, 1.54) is 18.3 Å². The fourth-order valence-corrected chi connectivity index (χ4v) is 3.43. The molecular weight excluding hydrogens is 370 g/mol. The molecule has 1 aromatic carbocycles. The number of hydrogen-bond donors (Lipinski definition) is 1. The summed E-state index contributed by atoms with van der Waals surface area (Å²) in [7, 11) is 1.16. The van der Waals surface area contributed by atoms with Crippen molar-refractivity contribution >= 4 is 34.4 Å². The van der Waals surface area contributed by atoms with Crippen LogP contribution >= 0.6 is 11.6 Å². The summed E-state index contributed by atoms with van der Waals surface area (Å²) in [6, 6.07) is 2.80. The zero-order valence-electron chi connectivity index (χ0n) is 13.2. The highest BCUT2D eigenvalue weighted by molar-refractivity contribution is 7.78. The van der Waals surface area contributed by atoms with Crippen LogP contribution in [-0.2, 0) is 21.6 Å². The van der Waals surface area contributed by atoms with E-state index < -0.39 is 28.6 Å². The van der Waals surface area contributed by atoms with Crippen LogP contribution in [-0.4, -0.2) is 32.8 Å². The van der Waals surface area contributed by atoms with Crippen molar-refractivity contribution in [2.75, 3.05) is 7.11 Å². The Bertz CT molecular complexity index is 874. The van der Waals surface area contributed by atoms with Crippen molar-refractivity contribution in [1.29, 1.82) is 0 Å². The summed E-state index contributed by atoms with van der Waals surface area (Å²) in [5.41, 5.74) is 0.345. The van der Waals surface area contributed by atoms with E-state index in [0.717, 1.165) is 20.0 Å². The maximum atomic E-state index is 13.0. The van der Waals surface area contributed by atoms with Gasteiger partial charge in [-0.3, -0.25) is 4.79 Å². The van der Waals surface area contributed by atoms with Crippen molar-refractivity contribution < 1.29 is 27.6 Å². The topological polar surface area (TPSA) is 107 Å². The van der Waals surface area contributed by atoms with Crippen LogP contribution in [0, 0.1) is 0 Å². The van der Waals surface area contributed by atoms with Gasteiger partial charge in [-0.15, -0.1) is 0 Å². The van der Waals surface area contributed by atoms with E-state index in [-0.39, 0.29) is 33.2 Å². The molecule has 1 N–H and O–H groups in total. The summed E-state index contributed by atoms with van der Waals surface area (Å²) in [6.45, 7) is 0. The zero-order chi connectivity index (χ0) is 18.1. The number of halogens is 1. The van der Waals surface area contributed by atoms with E-state index >= 15 is 0 Å². The molecule has 9 heteroatoms. The number of carbonyl (C=O) groups is 2. The highest BCUT2D eigenvalue weighted by Crippen LogP contribution is 2.42. The maximum Gasteiger partial charge on any atom is 0.339 e. The minimum atomic E-state index is -2.29. The first-order valence-corrected chi connectivity index (χ1v) is 9.05. The standard InChI is InChI=1S/C16H14ClNO6S/c1-23-16(20)13-11(7-25(21)22)9(4-5-12(13)17)14(19)10-6-18-24-15(10)8-2-3-8/h4-6,8H,2-3,7H2,1H3,(H,21,22). The van der Waals surface area contributed by atoms with Crippen molar-refractivity contribution in [3.63, 3.8) is 0 Å². The van der Waals surface area contributed by atoms with Crippen molar-refractivity contribution in [2.24, 2.45) is 0 Å². The lowest BCUT2D eigenvalue weighted by Gasteiger charge is -2.13. The SMILES string of the molecule is COC(=O)c1c(Cl)ccc(C(=O)c2cnoc2C2CC2)c1CS(=O)O. The number of carbonyl (C=O) groups excluding carboxylic acids is 2.